The van der Waals surface area contributed by atoms with Crippen molar-refractivity contribution in [1.29, 1.82) is 0 Å². The number of sulfonamides is 1. The first kappa shape index (κ1) is 35.5. The number of rotatable bonds is 6. The summed E-state index contributed by atoms with van der Waals surface area (Å²) in [5, 5.41) is 0. The third-order valence-electron chi connectivity index (χ3n) is 11.9. The van der Waals surface area contributed by atoms with Crippen molar-refractivity contribution in [2.75, 3.05) is 23.3 Å². The first-order chi connectivity index (χ1) is 25.2. The van der Waals surface area contributed by atoms with Crippen molar-refractivity contribution >= 4 is 27.7 Å². The van der Waals surface area contributed by atoms with E-state index in [2.05, 4.69) is 65.6 Å². The minimum absolute atomic E-state index is 0.0245. The van der Waals surface area contributed by atoms with Crippen LogP contribution in [0, 0.1) is 24.7 Å². The molecular weight excluding hydrogens is 685 g/mol. The molecule has 2 unspecified atom stereocenters. The van der Waals surface area contributed by atoms with E-state index in [0.717, 1.165) is 41.0 Å². The fraction of sp³-hybridized carbons (Fsp3) is 0.476. The molecule has 1 spiro atoms. The molecule has 2 aromatic heterocycles. The Morgan fingerprint density at radius 3 is 2.34 bits per heavy atom. The lowest BCUT2D eigenvalue weighted by molar-refractivity contribution is 0.0162. The van der Waals surface area contributed by atoms with Crippen LogP contribution < -0.4 is 14.4 Å². The molecule has 1 N–H and O–H groups in total. The van der Waals surface area contributed by atoms with Crippen molar-refractivity contribution in [3.63, 3.8) is 0 Å². The van der Waals surface area contributed by atoms with Gasteiger partial charge < -0.3 is 14.5 Å². The van der Waals surface area contributed by atoms with Crippen LogP contribution in [0.4, 0.5) is 11.8 Å². The van der Waals surface area contributed by atoms with Crippen molar-refractivity contribution in [2.45, 2.75) is 109 Å². The van der Waals surface area contributed by atoms with Gasteiger partial charge >= 0.3 is 0 Å². The van der Waals surface area contributed by atoms with Crippen LogP contribution in [0.5, 0.6) is 5.88 Å². The molecule has 3 fully saturated rings. The standard InChI is InChI=1S/C42H50N6O4S/c1-26-10-7-11-27(2)38(26)34-21-37-45-40(44-34)46-53(50,51)31-13-8-12-28(20-31)39(49)48(30(25-52-37)22-41(3,4)5)35-17-16-32(35)33-14-9-15-36(43-33)47(6)29-23-42(24-29)18-19-42/h7-15,20-21,29-30,32,35H,16-19,22-25H2,1-6H3,(H,44,45,46)/t30-,32?,35?/m1/s1. The fourth-order valence-electron chi connectivity index (χ4n) is 8.72. The van der Waals surface area contributed by atoms with Gasteiger partial charge in [0.1, 0.15) is 12.4 Å². The summed E-state index contributed by atoms with van der Waals surface area (Å²) in [7, 11) is -2.01. The van der Waals surface area contributed by atoms with Gasteiger partial charge in [0.2, 0.25) is 11.8 Å². The third kappa shape index (κ3) is 7.00. The molecule has 3 aliphatic carbocycles. The average molecular weight is 735 g/mol. The number of carbonyl (C=O) groups excluding carboxylic acids is 1. The van der Waals surface area contributed by atoms with Crippen LogP contribution in [-0.4, -0.2) is 66.0 Å². The van der Waals surface area contributed by atoms with Gasteiger partial charge in [-0.05, 0) is 111 Å². The topological polar surface area (TPSA) is 118 Å². The van der Waals surface area contributed by atoms with E-state index in [1.807, 2.05) is 36.9 Å². The number of anilines is 2. The van der Waals surface area contributed by atoms with Crippen LogP contribution in [0.15, 0.2) is 71.6 Å². The van der Waals surface area contributed by atoms with Crippen LogP contribution >= 0.6 is 0 Å². The van der Waals surface area contributed by atoms with Crippen molar-refractivity contribution in [3.8, 4) is 17.1 Å². The van der Waals surface area contributed by atoms with Crippen LogP contribution in [0.2, 0.25) is 0 Å². The molecule has 8 rings (SSSR count). The van der Waals surface area contributed by atoms with Crippen LogP contribution in [0.1, 0.15) is 98.8 Å². The van der Waals surface area contributed by atoms with Gasteiger partial charge in [-0.3, -0.25) is 4.79 Å². The van der Waals surface area contributed by atoms with Gasteiger partial charge in [-0.1, -0.05) is 51.1 Å². The van der Waals surface area contributed by atoms with Crippen molar-refractivity contribution in [3.05, 3.63) is 89.1 Å². The highest BCUT2D eigenvalue weighted by Crippen LogP contribution is 2.62. The average Bonchev–Trinajstić information content (AvgIpc) is 3.88. The van der Waals surface area contributed by atoms with Gasteiger partial charge in [-0.2, -0.15) is 4.98 Å². The smallest absolute Gasteiger partial charge is 0.264 e. The molecule has 278 valence electrons. The predicted molar refractivity (Wildman–Crippen MR) is 207 cm³/mol. The summed E-state index contributed by atoms with van der Waals surface area (Å²) in [5.41, 5.74) is 5.16. The monoisotopic (exact) mass is 734 g/mol. The number of nitrogens with zero attached hydrogens (tertiary/aromatic N) is 5. The zero-order valence-corrected chi connectivity index (χ0v) is 32.4. The molecule has 4 aromatic rings. The Bertz CT molecular complexity index is 2150. The zero-order chi connectivity index (χ0) is 37.3. The maximum Gasteiger partial charge on any atom is 0.264 e. The molecular formula is C42H50N6O4S. The second kappa shape index (κ2) is 13.1. The molecule has 0 radical (unpaired) electrons. The number of amides is 1. The Hall–Kier alpha value is -4.51. The van der Waals surface area contributed by atoms with Crippen LogP contribution in [0.25, 0.3) is 11.3 Å². The first-order valence-electron chi connectivity index (χ1n) is 18.9. The number of carbonyl (C=O) groups is 1. The zero-order valence-electron chi connectivity index (χ0n) is 31.6. The van der Waals surface area contributed by atoms with Gasteiger partial charge in [-0.25, -0.2) is 23.1 Å². The molecule has 1 aliphatic heterocycles. The highest BCUT2D eigenvalue weighted by atomic mass is 32.2. The molecule has 0 saturated heterocycles. The van der Waals surface area contributed by atoms with E-state index < -0.39 is 10.0 Å². The molecule has 3 atom stereocenters. The number of hydrogen-bond donors (Lipinski definition) is 1. The summed E-state index contributed by atoms with van der Waals surface area (Å²) >= 11 is 0. The minimum Gasteiger partial charge on any atom is -0.475 e. The van der Waals surface area contributed by atoms with Crippen LogP contribution in [-0.2, 0) is 10.0 Å². The van der Waals surface area contributed by atoms with Gasteiger partial charge in [0.05, 0.1) is 16.6 Å². The number of pyridine rings is 1. The summed E-state index contributed by atoms with van der Waals surface area (Å²) in [6.07, 6.45) is 7.55. The van der Waals surface area contributed by atoms with E-state index in [4.69, 9.17) is 9.72 Å². The molecule has 3 heterocycles. The maximum atomic E-state index is 14.9. The van der Waals surface area contributed by atoms with E-state index in [0.29, 0.717) is 29.1 Å². The molecule has 3 saturated carbocycles. The highest BCUT2D eigenvalue weighted by molar-refractivity contribution is 7.92. The van der Waals surface area contributed by atoms with Gasteiger partial charge in [0.25, 0.3) is 15.9 Å². The van der Waals surface area contributed by atoms with E-state index in [9.17, 15) is 13.2 Å². The van der Waals surface area contributed by atoms with Gasteiger partial charge in [0.15, 0.2) is 0 Å². The lowest BCUT2D eigenvalue weighted by atomic mass is 9.74. The number of hydrogen-bond acceptors (Lipinski definition) is 8. The SMILES string of the molecule is Cc1cccc(C)c1-c1cc2nc(n1)NS(=O)(=O)c1cccc(c1)C(=O)N(C1CCC1c1cccc(N(C)C3CC4(CC4)C3)n1)[C@H](CC(C)(C)C)CO2. The molecule has 10 nitrogen and oxygen atoms in total. The van der Waals surface area contributed by atoms with Gasteiger partial charge in [-0.15, -0.1) is 0 Å². The minimum atomic E-state index is -4.16. The van der Waals surface area contributed by atoms with Crippen molar-refractivity contribution in [1.82, 2.24) is 19.9 Å². The van der Waals surface area contributed by atoms with E-state index in [1.165, 1.54) is 37.8 Å². The number of ether oxygens (including phenoxy) is 1. The third-order valence-corrected chi connectivity index (χ3v) is 13.2. The first-order valence-corrected chi connectivity index (χ1v) is 20.4. The second-order valence-electron chi connectivity index (χ2n) is 17.1. The second-order valence-corrected chi connectivity index (χ2v) is 18.8. The van der Waals surface area contributed by atoms with Crippen LogP contribution in [0.3, 0.4) is 0 Å². The predicted octanol–water partition coefficient (Wildman–Crippen LogP) is 7.92. The molecule has 2 aromatic carbocycles. The molecule has 11 heteroatoms. The Morgan fingerprint density at radius 1 is 0.943 bits per heavy atom. The number of aromatic nitrogens is 3. The molecule has 4 bridgehead atoms. The Kier molecular flexibility index (Phi) is 8.78. The quantitative estimate of drug-likeness (QED) is 0.212. The Morgan fingerprint density at radius 2 is 1.66 bits per heavy atom. The summed E-state index contributed by atoms with van der Waals surface area (Å²) in [4.78, 5) is 33.6. The molecule has 53 heavy (non-hydrogen) atoms. The number of nitrogens with one attached hydrogen (secondary N) is 1. The van der Waals surface area contributed by atoms with Crippen molar-refractivity contribution in [2.24, 2.45) is 10.8 Å². The summed E-state index contributed by atoms with van der Waals surface area (Å²) in [5.74, 6) is 0.921. The maximum absolute atomic E-state index is 14.9. The molecule has 1 amide bonds. The summed E-state index contributed by atoms with van der Waals surface area (Å²) in [6, 6.07) is 20.3. The van der Waals surface area contributed by atoms with Gasteiger partial charge in [0, 0.05) is 47.9 Å². The summed E-state index contributed by atoms with van der Waals surface area (Å²) < 4.78 is 36.8. The summed E-state index contributed by atoms with van der Waals surface area (Å²) in [6.45, 7) is 10.7. The lowest BCUT2D eigenvalue weighted by Crippen LogP contribution is -2.56. The highest BCUT2D eigenvalue weighted by Gasteiger charge is 2.54. The van der Waals surface area contributed by atoms with E-state index in [-0.39, 0.29) is 52.7 Å². The van der Waals surface area contributed by atoms with E-state index >= 15 is 0 Å². The number of benzene rings is 2. The molecule has 4 aliphatic rings. The number of aryl methyl sites for hydroxylation is 2. The Balaban J connectivity index is 1.19. The normalized spacial score (nSPS) is 23.3. The number of fused-ring (bicyclic) bond motifs is 4. The fourth-order valence-corrected chi connectivity index (χ4v) is 9.71. The van der Waals surface area contributed by atoms with Crippen molar-refractivity contribution < 1.29 is 17.9 Å². The van der Waals surface area contributed by atoms with E-state index in [1.54, 1.807) is 18.2 Å². The lowest BCUT2D eigenvalue weighted by Gasteiger charge is -2.48. The largest absolute Gasteiger partial charge is 0.475 e. The Labute approximate surface area is 313 Å².